The fraction of sp³-hybridized carbons (Fsp3) is 0.647. The number of nitrogens with one attached hydrogen (secondary N) is 2. The Bertz CT molecular complexity index is 520. The summed E-state index contributed by atoms with van der Waals surface area (Å²) in [5.74, 6) is 0.919. The zero-order valence-corrected chi connectivity index (χ0v) is 13.5. The lowest BCUT2D eigenvalue weighted by Crippen LogP contribution is -2.62. The minimum atomic E-state index is 0.541. The van der Waals surface area contributed by atoms with Gasteiger partial charge in [-0.15, -0.1) is 0 Å². The zero-order chi connectivity index (χ0) is 15.1. The van der Waals surface area contributed by atoms with Crippen LogP contribution in [-0.2, 0) is 6.54 Å². The number of methoxy groups -OCH3 is 1. The summed E-state index contributed by atoms with van der Waals surface area (Å²) in [7, 11) is 4.02. The third-order valence-corrected chi connectivity index (χ3v) is 5.77. The van der Waals surface area contributed by atoms with E-state index in [4.69, 9.17) is 4.74 Å². The normalized spacial score (nSPS) is 35.4. The summed E-state index contributed by atoms with van der Waals surface area (Å²) in [6, 6.07) is 11.0. The van der Waals surface area contributed by atoms with Gasteiger partial charge in [0.1, 0.15) is 5.75 Å². The van der Waals surface area contributed by atoms with Gasteiger partial charge in [-0.2, -0.15) is 5.53 Å². The molecule has 120 valence electrons. The quantitative estimate of drug-likeness (QED) is 0.886. The number of piperidine rings is 2. The van der Waals surface area contributed by atoms with Gasteiger partial charge < -0.3 is 4.74 Å². The minimum Gasteiger partial charge on any atom is -0.497 e. The maximum atomic E-state index is 5.24. The average molecular weight is 302 g/mol. The maximum Gasteiger partial charge on any atom is 0.118 e. The molecule has 5 nitrogen and oxygen atoms in total. The van der Waals surface area contributed by atoms with E-state index in [0.29, 0.717) is 18.1 Å². The van der Waals surface area contributed by atoms with E-state index in [0.717, 1.165) is 18.3 Å². The van der Waals surface area contributed by atoms with E-state index in [1.54, 1.807) is 7.11 Å². The lowest BCUT2D eigenvalue weighted by molar-refractivity contribution is 0.0123. The first-order valence-electron chi connectivity index (χ1n) is 8.39. The molecule has 3 aliphatic rings. The molecule has 1 aromatic carbocycles. The molecule has 22 heavy (non-hydrogen) atoms. The summed E-state index contributed by atoms with van der Waals surface area (Å²) in [5.41, 5.74) is 8.30. The number of nitrogens with zero attached hydrogens (tertiary/aromatic N) is 2. The number of fused-ring (bicyclic) bond motifs is 4. The van der Waals surface area contributed by atoms with Crippen molar-refractivity contribution >= 4 is 0 Å². The van der Waals surface area contributed by atoms with Crippen LogP contribution < -0.4 is 15.7 Å². The minimum absolute atomic E-state index is 0.541. The van der Waals surface area contributed by atoms with Crippen LogP contribution in [0.3, 0.4) is 0 Å². The number of rotatable bonds is 3. The highest BCUT2D eigenvalue weighted by atomic mass is 16.5. The standard InChI is InChI=1S/C17H26N4O/c1-20-13-4-3-5-15(20)17-16(10-13)21(19-18-17)11-12-6-8-14(22-2)9-7-12/h6-9,13,15-19H,3-5,10-11H2,1-2H3. The molecular weight excluding hydrogens is 276 g/mol. The van der Waals surface area contributed by atoms with E-state index in [1.807, 2.05) is 12.1 Å². The van der Waals surface area contributed by atoms with E-state index in [-0.39, 0.29) is 0 Å². The second-order valence-electron chi connectivity index (χ2n) is 6.88. The highest BCUT2D eigenvalue weighted by molar-refractivity contribution is 5.27. The third-order valence-electron chi connectivity index (χ3n) is 5.77. The van der Waals surface area contributed by atoms with Crippen LogP contribution in [-0.4, -0.2) is 48.2 Å². The number of likely N-dealkylation sites (N-methyl/N-ethyl adjacent to an activating group) is 1. The second kappa shape index (κ2) is 5.81. The molecule has 0 spiro atoms. The summed E-state index contributed by atoms with van der Waals surface area (Å²) in [6.07, 6.45) is 5.31. The Labute approximate surface area is 132 Å². The van der Waals surface area contributed by atoms with E-state index in [9.17, 15) is 0 Å². The average Bonchev–Trinajstić information content (AvgIpc) is 2.91. The number of hydrogen-bond donors (Lipinski definition) is 2. The van der Waals surface area contributed by atoms with Crippen molar-refractivity contribution in [3.63, 3.8) is 0 Å². The summed E-state index contributed by atoms with van der Waals surface area (Å²) >= 11 is 0. The molecule has 0 amide bonds. The second-order valence-corrected chi connectivity index (χ2v) is 6.88. The van der Waals surface area contributed by atoms with Gasteiger partial charge in [0.2, 0.25) is 0 Å². The van der Waals surface area contributed by atoms with Gasteiger partial charge in [-0.25, -0.2) is 10.4 Å². The SMILES string of the molecule is COc1ccc(CN2NNC3C2CC2CCCC3N2C)cc1. The Kier molecular flexibility index (Phi) is 3.82. The first kappa shape index (κ1) is 14.5. The lowest BCUT2D eigenvalue weighted by atomic mass is 9.79. The van der Waals surface area contributed by atoms with Crippen LogP contribution in [0.15, 0.2) is 24.3 Å². The molecule has 0 saturated carbocycles. The van der Waals surface area contributed by atoms with Gasteiger partial charge >= 0.3 is 0 Å². The number of hydrazine groups is 2. The fourth-order valence-electron chi connectivity index (χ4n) is 4.48. The number of benzene rings is 1. The smallest absolute Gasteiger partial charge is 0.118 e. The van der Waals surface area contributed by atoms with Gasteiger partial charge in [0.05, 0.1) is 13.2 Å². The van der Waals surface area contributed by atoms with E-state index in [2.05, 4.69) is 40.0 Å². The maximum absolute atomic E-state index is 5.24. The van der Waals surface area contributed by atoms with Crippen LogP contribution in [0.5, 0.6) is 5.75 Å². The molecule has 0 aromatic heterocycles. The molecule has 3 aliphatic heterocycles. The summed E-state index contributed by atoms with van der Waals surface area (Å²) in [5, 5.41) is 2.39. The number of ether oxygens (including phenoxy) is 1. The molecule has 4 rings (SSSR count). The molecule has 5 heteroatoms. The van der Waals surface area contributed by atoms with Crippen LogP contribution in [0.1, 0.15) is 31.2 Å². The van der Waals surface area contributed by atoms with Crippen molar-refractivity contribution in [3.8, 4) is 5.75 Å². The highest BCUT2D eigenvalue weighted by Gasteiger charge is 2.48. The summed E-state index contributed by atoms with van der Waals surface area (Å²) in [6.45, 7) is 0.932. The zero-order valence-electron chi connectivity index (χ0n) is 13.5. The van der Waals surface area contributed by atoms with E-state index >= 15 is 0 Å². The van der Waals surface area contributed by atoms with Crippen LogP contribution in [0.25, 0.3) is 0 Å². The molecule has 0 radical (unpaired) electrons. The van der Waals surface area contributed by atoms with Crippen molar-refractivity contribution in [1.82, 2.24) is 20.9 Å². The molecule has 2 N–H and O–H groups in total. The fourth-order valence-corrected chi connectivity index (χ4v) is 4.48. The van der Waals surface area contributed by atoms with Crippen molar-refractivity contribution < 1.29 is 4.74 Å². The summed E-state index contributed by atoms with van der Waals surface area (Å²) in [4.78, 5) is 2.61. The van der Waals surface area contributed by atoms with Crippen LogP contribution in [0.4, 0.5) is 0 Å². The predicted molar refractivity (Wildman–Crippen MR) is 86.2 cm³/mol. The lowest BCUT2D eigenvalue weighted by Gasteiger charge is -2.50. The van der Waals surface area contributed by atoms with Crippen LogP contribution in [0, 0.1) is 0 Å². The van der Waals surface area contributed by atoms with Gasteiger partial charge in [0.15, 0.2) is 0 Å². The van der Waals surface area contributed by atoms with Crippen molar-refractivity contribution in [2.75, 3.05) is 14.2 Å². The molecule has 2 bridgehead atoms. The van der Waals surface area contributed by atoms with E-state index < -0.39 is 0 Å². The molecule has 0 aliphatic carbocycles. The summed E-state index contributed by atoms with van der Waals surface area (Å²) < 4.78 is 5.24. The highest BCUT2D eigenvalue weighted by Crippen LogP contribution is 2.36. The van der Waals surface area contributed by atoms with Crippen molar-refractivity contribution in [3.05, 3.63) is 29.8 Å². The van der Waals surface area contributed by atoms with Crippen molar-refractivity contribution in [1.29, 1.82) is 0 Å². The van der Waals surface area contributed by atoms with Gasteiger partial charge in [-0.3, -0.25) is 4.90 Å². The Hall–Kier alpha value is -1.14. The van der Waals surface area contributed by atoms with Gasteiger partial charge in [-0.05, 0) is 44.0 Å². The van der Waals surface area contributed by atoms with E-state index in [1.165, 1.54) is 31.2 Å². The Balaban J connectivity index is 1.47. The van der Waals surface area contributed by atoms with Gasteiger partial charge in [0, 0.05) is 24.7 Å². The first-order chi connectivity index (χ1) is 10.8. The molecule has 4 atom stereocenters. The molecular formula is C17H26N4O. The van der Waals surface area contributed by atoms with Crippen molar-refractivity contribution in [2.45, 2.75) is 56.4 Å². The molecule has 3 saturated heterocycles. The van der Waals surface area contributed by atoms with Gasteiger partial charge in [0.25, 0.3) is 0 Å². The Morgan fingerprint density at radius 3 is 2.77 bits per heavy atom. The molecule has 4 unspecified atom stereocenters. The first-order valence-corrected chi connectivity index (χ1v) is 8.39. The molecule has 1 aromatic rings. The van der Waals surface area contributed by atoms with Gasteiger partial charge in [-0.1, -0.05) is 18.6 Å². The van der Waals surface area contributed by atoms with Crippen LogP contribution in [0.2, 0.25) is 0 Å². The third kappa shape index (κ3) is 2.42. The molecule has 3 heterocycles. The Morgan fingerprint density at radius 1 is 1.18 bits per heavy atom. The van der Waals surface area contributed by atoms with Crippen LogP contribution >= 0.6 is 0 Å². The van der Waals surface area contributed by atoms with Crippen molar-refractivity contribution in [2.24, 2.45) is 0 Å². The number of hydrogen-bond acceptors (Lipinski definition) is 5. The topological polar surface area (TPSA) is 39.8 Å². The largest absolute Gasteiger partial charge is 0.497 e. The molecule has 3 fully saturated rings. The Morgan fingerprint density at radius 2 is 2.00 bits per heavy atom. The predicted octanol–water partition coefficient (Wildman–Crippen LogP) is 1.51. The monoisotopic (exact) mass is 302 g/mol.